The van der Waals surface area contributed by atoms with Crippen LogP contribution in [-0.2, 0) is 33.3 Å². The largest absolute Gasteiger partial charge is 0.460 e. The topological polar surface area (TPSA) is 109 Å². The van der Waals surface area contributed by atoms with Crippen molar-refractivity contribution in [1.82, 2.24) is 5.32 Å². The van der Waals surface area contributed by atoms with Gasteiger partial charge in [0, 0.05) is 23.6 Å². The molecule has 204 valence electrons. The number of hydrogen-bond acceptors (Lipinski definition) is 9. The molecule has 1 aliphatic heterocycles. The highest BCUT2D eigenvalue weighted by Crippen LogP contribution is 2.43. The van der Waals surface area contributed by atoms with Crippen LogP contribution in [0.1, 0.15) is 52.5 Å². The van der Waals surface area contributed by atoms with Crippen LogP contribution in [0.3, 0.4) is 0 Å². The van der Waals surface area contributed by atoms with Crippen LogP contribution in [0.15, 0.2) is 46.8 Å². The zero-order valence-corrected chi connectivity index (χ0v) is 21.6. The van der Waals surface area contributed by atoms with Crippen LogP contribution in [0.5, 0.6) is 5.75 Å². The zero-order valence-electron chi connectivity index (χ0n) is 21.6. The van der Waals surface area contributed by atoms with Crippen molar-refractivity contribution in [3.05, 3.63) is 52.4 Å². The van der Waals surface area contributed by atoms with Gasteiger partial charge in [-0.1, -0.05) is 39.0 Å². The van der Waals surface area contributed by atoms with Crippen molar-refractivity contribution in [2.75, 3.05) is 26.6 Å². The fourth-order valence-electron chi connectivity index (χ4n) is 3.67. The van der Waals surface area contributed by atoms with E-state index < -0.39 is 43.1 Å². The molecular formula is C26H33F2NO8. The summed E-state index contributed by atoms with van der Waals surface area (Å²) in [5.41, 5.74) is 0.764. The molecule has 0 amide bonds. The molecule has 37 heavy (non-hydrogen) atoms. The number of ether oxygens (including phenoxy) is 5. The number of hydrogen-bond donors (Lipinski definition) is 1. The molecule has 11 heteroatoms. The van der Waals surface area contributed by atoms with Gasteiger partial charge < -0.3 is 29.0 Å². The van der Waals surface area contributed by atoms with Crippen molar-refractivity contribution in [2.24, 2.45) is 5.92 Å². The number of allylic oxidation sites excluding steroid dienone is 2. The number of halogens is 2. The second kappa shape index (κ2) is 14.3. The molecular weight excluding hydrogens is 492 g/mol. The van der Waals surface area contributed by atoms with Crippen LogP contribution in [-0.4, -0.2) is 51.1 Å². The molecule has 1 heterocycles. The first-order valence-electron chi connectivity index (χ1n) is 11.9. The van der Waals surface area contributed by atoms with E-state index in [0.717, 1.165) is 6.42 Å². The molecule has 0 spiro atoms. The van der Waals surface area contributed by atoms with Gasteiger partial charge in [-0.3, -0.25) is 4.79 Å². The normalized spacial score (nSPS) is 15.5. The molecule has 1 aliphatic rings. The van der Waals surface area contributed by atoms with Crippen LogP contribution >= 0.6 is 0 Å². The lowest BCUT2D eigenvalue weighted by Crippen LogP contribution is -2.33. The van der Waals surface area contributed by atoms with E-state index in [-0.39, 0.29) is 35.7 Å². The van der Waals surface area contributed by atoms with Gasteiger partial charge in [-0.05, 0) is 26.3 Å². The maximum Gasteiger partial charge on any atom is 0.387 e. The van der Waals surface area contributed by atoms with Crippen LogP contribution < -0.4 is 10.1 Å². The smallest absolute Gasteiger partial charge is 0.387 e. The minimum absolute atomic E-state index is 0.0116. The average Bonchev–Trinajstić information content (AvgIpc) is 2.83. The van der Waals surface area contributed by atoms with Gasteiger partial charge in [0.05, 0.1) is 29.6 Å². The maximum absolute atomic E-state index is 13.2. The van der Waals surface area contributed by atoms with Gasteiger partial charge in [0.25, 0.3) is 0 Å². The minimum Gasteiger partial charge on any atom is -0.460 e. The SMILES string of the molecule is CCCOCCOC(=O)C1=C(C)NC(C)=C(C(=O)OCOC(=O)C(C)C)[C@@H]1c1ccccc1OC(F)F. The van der Waals surface area contributed by atoms with Crippen molar-refractivity contribution in [2.45, 2.75) is 53.6 Å². The summed E-state index contributed by atoms with van der Waals surface area (Å²) in [6.07, 6.45) is 0.799. The second-order valence-corrected chi connectivity index (χ2v) is 8.47. The highest BCUT2D eigenvalue weighted by atomic mass is 19.3. The quantitative estimate of drug-likeness (QED) is 0.230. The third-order valence-electron chi connectivity index (χ3n) is 5.32. The lowest BCUT2D eigenvalue weighted by molar-refractivity contribution is -0.167. The number of para-hydroxylation sites is 1. The Labute approximate surface area is 214 Å². The van der Waals surface area contributed by atoms with Crippen LogP contribution in [0.4, 0.5) is 8.78 Å². The van der Waals surface area contributed by atoms with Crippen molar-refractivity contribution in [3.63, 3.8) is 0 Å². The highest BCUT2D eigenvalue weighted by molar-refractivity contribution is 6.00. The molecule has 0 bridgehead atoms. The molecule has 1 aromatic carbocycles. The molecule has 0 saturated heterocycles. The van der Waals surface area contributed by atoms with E-state index >= 15 is 0 Å². The van der Waals surface area contributed by atoms with Gasteiger partial charge in [0.15, 0.2) is 0 Å². The number of nitrogens with one attached hydrogen (secondary N) is 1. The standard InChI is InChI=1S/C26H33F2NO8/c1-6-11-33-12-13-34-24(31)20-16(4)29-17(5)21(25(32)36-14-35-23(30)15(2)3)22(20)18-9-7-8-10-19(18)37-26(27)28/h7-10,15,22,26,29H,6,11-14H2,1-5H3/t22-/m1/s1. The first-order chi connectivity index (χ1) is 17.6. The molecule has 1 atom stereocenters. The fraction of sp³-hybridized carbons (Fsp3) is 0.500. The van der Waals surface area contributed by atoms with Crippen molar-refractivity contribution >= 4 is 17.9 Å². The highest BCUT2D eigenvalue weighted by Gasteiger charge is 2.39. The van der Waals surface area contributed by atoms with Gasteiger partial charge in [-0.2, -0.15) is 8.78 Å². The Kier molecular flexibility index (Phi) is 11.5. The molecule has 9 nitrogen and oxygen atoms in total. The van der Waals surface area contributed by atoms with Gasteiger partial charge in [0.2, 0.25) is 6.79 Å². The molecule has 2 rings (SSSR count). The molecule has 0 radical (unpaired) electrons. The predicted molar refractivity (Wildman–Crippen MR) is 128 cm³/mol. The molecule has 0 aliphatic carbocycles. The Balaban J connectivity index is 2.45. The van der Waals surface area contributed by atoms with Crippen molar-refractivity contribution in [3.8, 4) is 5.75 Å². The number of esters is 3. The molecule has 1 N–H and O–H groups in total. The van der Waals surface area contributed by atoms with Gasteiger partial charge in [0.1, 0.15) is 12.4 Å². The van der Waals surface area contributed by atoms with E-state index in [1.165, 1.54) is 18.2 Å². The Hall–Kier alpha value is -3.47. The molecule has 0 saturated carbocycles. The Morgan fingerprint density at radius 2 is 1.54 bits per heavy atom. The average molecular weight is 526 g/mol. The second-order valence-electron chi connectivity index (χ2n) is 8.47. The van der Waals surface area contributed by atoms with E-state index in [0.29, 0.717) is 18.0 Å². The van der Waals surface area contributed by atoms with E-state index in [1.807, 2.05) is 6.92 Å². The summed E-state index contributed by atoms with van der Waals surface area (Å²) in [6, 6.07) is 5.83. The summed E-state index contributed by atoms with van der Waals surface area (Å²) in [5, 5.41) is 2.96. The molecule has 0 aromatic heterocycles. The lowest BCUT2D eigenvalue weighted by atomic mass is 9.80. The van der Waals surface area contributed by atoms with Crippen LogP contribution in [0.25, 0.3) is 0 Å². The Bertz CT molecular complexity index is 1040. The third kappa shape index (κ3) is 8.28. The summed E-state index contributed by atoms with van der Waals surface area (Å²) in [5.74, 6) is -4.09. The maximum atomic E-state index is 13.2. The Morgan fingerprint density at radius 3 is 2.14 bits per heavy atom. The van der Waals surface area contributed by atoms with E-state index in [4.69, 9.17) is 23.7 Å². The van der Waals surface area contributed by atoms with Crippen LogP contribution in [0, 0.1) is 5.92 Å². The molecule has 1 aromatic rings. The minimum atomic E-state index is -3.14. The van der Waals surface area contributed by atoms with Crippen molar-refractivity contribution < 1.29 is 46.8 Å². The van der Waals surface area contributed by atoms with Gasteiger partial charge in [-0.15, -0.1) is 0 Å². The fourth-order valence-corrected chi connectivity index (χ4v) is 3.67. The first kappa shape index (κ1) is 29.8. The monoisotopic (exact) mass is 525 g/mol. The molecule has 0 unspecified atom stereocenters. The van der Waals surface area contributed by atoms with Gasteiger partial charge in [-0.25, -0.2) is 9.59 Å². The van der Waals surface area contributed by atoms with E-state index in [1.54, 1.807) is 33.8 Å². The third-order valence-corrected chi connectivity index (χ3v) is 5.32. The number of carbonyl (C=O) groups excluding carboxylic acids is 3. The number of carbonyl (C=O) groups is 3. The summed E-state index contributed by atoms with van der Waals surface area (Å²) < 4.78 is 51.9. The summed E-state index contributed by atoms with van der Waals surface area (Å²) in [6.45, 7) is 5.17. The number of rotatable bonds is 13. The Morgan fingerprint density at radius 1 is 0.919 bits per heavy atom. The van der Waals surface area contributed by atoms with E-state index in [2.05, 4.69) is 5.32 Å². The van der Waals surface area contributed by atoms with E-state index in [9.17, 15) is 23.2 Å². The van der Waals surface area contributed by atoms with Crippen LogP contribution in [0.2, 0.25) is 0 Å². The summed E-state index contributed by atoms with van der Waals surface area (Å²) >= 11 is 0. The predicted octanol–water partition coefficient (Wildman–Crippen LogP) is 4.19. The number of dihydropyridines is 1. The number of alkyl halides is 2. The number of benzene rings is 1. The van der Waals surface area contributed by atoms with Crippen molar-refractivity contribution in [1.29, 1.82) is 0 Å². The lowest BCUT2D eigenvalue weighted by Gasteiger charge is -2.31. The summed E-state index contributed by atoms with van der Waals surface area (Å²) in [7, 11) is 0. The zero-order chi connectivity index (χ0) is 27.5. The summed E-state index contributed by atoms with van der Waals surface area (Å²) in [4.78, 5) is 38.1. The van der Waals surface area contributed by atoms with Gasteiger partial charge >= 0.3 is 24.5 Å². The first-order valence-corrected chi connectivity index (χ1v) is 11.9. The molecule has 0 fully saturated rings.